The van der Waals surface area contributed by atoms with E-state index in [4.69, 9.17) is 0 Å². The van der Waals surface area contributed by atoms with E-state index >= 15 is 0 Å². The summed E-state index contributed by atoms with van der Waals surface area (Å²) in [7, 11) is 1.84. The summed E-state index contributed by atoms with van der Waals surface area (Å²) in [5.41, 5.74) is 3.48. The zero-order valence-electron chi connectivity index (χ0n) is 11.4. The van der Waals surface area contributed by atoms with Crippen LogP contribution in [-0.4, -0.2) is 29.4 Å². The van der Waals surface area contributed by atoms with Crippen LogP contribution < -0.4 is 5.32 Å². The maximum atomic E-state index is 12.3. The maximum absolute atomic E-state index is 12.3. The van der Waals surface area contributed by atoms with E-state index in [1.807, 2.05) is 23.4 Å². The first kappa shape index (κ1) is 13.1. The molecule has 1 N–H and O–H groups in total. The first-order valence-corrected chi connectivity index (χ1v) is 7.61. The molecule has 0 spiro atoms. The molecule has 0 saturated heterocycles. The molecule has 2 aromatic rings. The Hall–Kier alpha value is -1.88. The lowest BCUT2D eigenvalue weighted by Gasteiger charge is -2.28. The van der Waals surface area contributed by atoms with Crippen molar-refractivity contribution in [3.8, 4) is 0 Å². The summed E-state index contributed by atoms with van der Waals surface area (Å²) in [6.45, 7) is 1.52. The predicted octanol–water partition coefficient (Wildman–Crippen LogP) is 2.31. The normalized spacial score (nSPS) is 13.9. The molecule has 0 fully saturated rings. The molecule has 20 heavy (non-hydrogen) atoms. The highest BCUT2D eigenvalue weighted by molar-refractivity contribution is 7.13. The van der Waals surface area contributed by atoms with Crippen LogP contribution in [-0.2, 0) is 24.2 Å². The number of thiazole rings is 1. The lowest BCUT2D eigenvalue weighted by atomic mass is 10.00. The van der Waals surface area contributed by atoms with E-state index < -0.39 is 0 Å². The van der Waals surface area contributed by atoms with Crippen LogP contribution in [0.4, 0.5) is 5.13 Å². The second-order valence-corrected chi connectivity index (χ2v) is 5.76. The van der Waals surface area contributed by atoms with Crippen molar-refractivity contribution in [3.63, 3.8) is 0 Å². The van der Waals surface area contributed by atoms with Crippen molar-refractivity contribution in [1.29, 1.82) is 0 Å². The van der Waals surface area contributed by atoms with Gasteiger partial charge < -0.3 is 10.2 Å². The largest absolute Gasteiger partial charge is 0.365 e. The van der Waals surface area contributed by atoms with Gasteiger partial charge in [-0.15, -0.1) is 11.3 Å². The number of rotatable bonds is 3. The highest BCUT2D eigenvalue weighted by Gasteiger charge is 2.21. The van der Waals surface area contributed by atoms with Crippen molar-refractivity contribution in [2.24, 2.45) is 0 Å². The molecule has 1 aliphatic rings. The number of aromatic nitrogens is 1. The average molecular weight is 287 g/mol. The molecule has 0 bridgehead atoms. The van der Waals surface area contributed by atoms with Crippen molar-refractivity contribution in [2.75, 3.05) is 18.9 Å². The summed E-state index contributed by atoms with van der Waals surface area (Å²) >= 11 is 1.53. The molecule has 1 amide bonds. The van der Waals surface area contributed by atoms with Crippen molar-refractivity contribution in [2.45, 2.75) is 19.4 Å². The summed E-state index contributed by atoms with van der Waals surface area (Å²) in [5.74, 6) is 0.160. The monoisotopic (exact) mass is 287 g/mol. The first-order chi connectivity index (χ1) is 9.76. The average Bonchev–Trinajstić information content (AvgIpc) is 2.94. The van der Waals surface area contributed by atoms with Crippen LogP contribution in [0.15, 0.2) is 29.6 Å². The van der Waals surface area contributed by atoms with Crippen LogP contribution in [0.1, 0.15) is 16.8 Å². The van der Waals surface area contributed by atoms with Gasteiger partial charge in [0, 0.05) is 25.5 Å². The van der Waals surface area contributed by atoms with E-state index in [0.717, 1.165) is 30.3 Å². The number of nitrogens with zero attached hydrogens (tertiary/aromatic N) is 2. The minimum Gasteiger partial charge on any atom is -0.365 e. The lowest BCUT2D eigenvalue weighted by Crippen LogP contribution is -2.36. The van der Waals surface area contributed by atoms with E-state index in [1.165, 1.54) is 22.5 Å². The van der Waals surface area contributed by atoms with Gasteiger partial charge >= 0.3 is 0 Å². The Kier molecular flexibility index (Phi) is 3.69. The van der Waals surface area contributed by atoms with Gasteiger partial charge in [0.15, 0.2) is 5.13 Å². The van der Waals surface area contributed by atoms with Crippen molar-refractivity contribution in [1.82, 2.24) is 9.88 Å². The highest BCUT2D eigenvalue weighted by Crippen LogP contribution is 2.20. The smallest absolute Gasteiger partial charge is 0.228 e. The SMILES string of the molecule is CNc1nc(CC(=O)N2CCc3ccccc3C2)cs1. The van der Waals surface area contributed by atoms with Crippen molar-refractivity contribution < 1.29 is 4.79 Å². The van der Waals surface area contributed by atoms with E-state index in [-0.39, 0.29) is 5.91 Å². The quantitative estimate of drug-likeness (QED) is 0.942. The number of amides is 1. The van der Waals surface area contributed by atoms with Gasteiger partial charge in [0.1, 0.15) is 0 Å². The van der Waals surface area contributed by atoms with E-state index in [2.05, 4.69) is 28.5 Å². The minimum absolute atomic E-state index is 0.160. The van der Waals surface area contributed by atoms with E-state index in [9.17, 15) is 4.79 Å². The van der Waals surface area contributed by atoms with Gasteiger partial charge in [0.2, 0.25) is 5.91 Å². The molecule has 1 aliphatic heterocycles. The number of nitrogens with one attached hydrogen (secondary N) is 1. The highest BCUT2D eigenvalue weighted by atomic mass is 32.1. The Labute approximate surface area is 122 Å². The molecule has 0 saturated carbocycles. The molecular formula is C15H17N3OS. The Morgan fingerprint density at radius 3 is 2.95 bits per heavy atom. The Morgan fingerprint density at radius 2 is 2.20 bits per heavy atom. The maximum Gasteiger partial charge on any atom is 0.228 e. The molecule has 0 radical (unpaired) electrons. The second-order valence-electron chi connectivity index (χ2n) is 4.90. The summed E-state index contributed by atoms with van der Waals surface area (Å²) in [5, 5.41) is 5.80. The standard InChI is InChI=1S/C15H17N3OS/c1-16-15-17-13(10-20-15)8-14(19)18-7-6-11-4-2-3-5-12(11)9-18/h2-5,10H,6-9H2,1H3,(H,16,17). The van der Waals surface area contributed by atoms with Crippen LogP contribution in [0, 0.1) is 0 Å². The van der Waals surface area contributed by atoms with Gasteiger partial charge in [-0.1, -0.05) is 24.3 Å². The molecule has 1 aromatic carbocycles. The molecule has 0 atom stereocenters. The lowest BCUT2D eigenvalue weighted by molar-refractivity contribution is -0.131. The second kappa shape index (κ2) is 5.63. The molecular weight excluding hydrogens is 270 g/mol. The molecule has 5 heteroatoms. The first-order valence-electron chi connectivity index (χ1n) is 6.73. The van der Waals surface area contributed by atoms with Crippen LogP contribution in [0.3, 0.4) is 0 Å². The number of hydrogen-bond donors (Lipinski definition) is 1. The molecule has 2 heterocycles. The Balaban J connectivity index is 1.67. The molecule has 3 rings (SSSR count). The van der Waals surface area contributed by atoms with Gasteiger partial charge in [-0.2, -0.15) is 0 Å². The summed E-state index contributed by atoms with van der Waals surface area (Å²) in [4.78, 5) is 18.6. The third-order valence-corrected chi connectivity index (χ3v) is 4.49. The zero-order chi connectivity index (χ0) is 13.9. The van der Waals surface area contributed by atoms with Crippen LogP contribution in [0.2, 0.25) is 0 Å². The fraction of sp³-hybridized carbons (Fsp3) is 0.333. The van der Waals surface area contributed by atoms with Gasteiger partial charge in [0.05, 0.1) is 12.1 Å². The molecule has 104 valence electrons. The summed E-state index contributed by atoms with van der Waals surface area (Å²) in [6, 6.07) is 8.35. The Bertz CT molecular complexity index is 623. The zero-order valence-corrected chi connectivity index (χ0v) is 12.2. The third kappa shape index (κ3) is 2.67. The summed E-state index contributed by atoms with van der Waals surface area (Å²) < 4.78 is 0. The van der Waals surface area contributed by atoms with Gasteiger partial charge in [-0.3, -0.25) is 4.79 Å². The molecule has 4 nitrogen and oxygen atoms in total. The molecule has 1 aromatic heterocycles. The molecule has 0 unspecified atom stereocenters. The van der Waals surface area contributed by atoms with Crippen molar-refractivity contribution in [3.05, 3.63) is 46.5 Å². The van der Waals surface area contributed by atoms with Crippen LogP contribution in [0.5, 0.6) is 0 Å². The number of carbonyl (C=O) groups is 1. The number of fused-ring (bicyclic) bond motifs is 1. The number of carbonyl (C=O) groups excluding carboxylic acids is 1. The van der Waals surface area contributed by atoms with E-state index in [1.54, 1.807) is 0 Å². The van der Waals surface area contributed by atoms with Crippen LogP contribution in [0.25, 0.3) is 0 Å². The predicted molar refractivity (Wildman–Crippen MR) is 80.9 cm³/mol. The van der Waals surface area contributed by atoms with Gasteiger partial charge in [-0.25, -0.2) is 4.98 Å². The number of benzene rings is 1. The molecule has 0 aliphatic carbocycles. The topological polar surface area (TPSA) is 45.2 Å². The fourth-order valence-electron chi connectivity index (χ4n) is 2.48. The van der Waals surface area contributed by atoms with Gasteiger partial charge in [0.25, 0.3) is 0 Å². The van der Waals surface area contributed by atoms with E-state index in [0.29, 0.717) is 6.42 Å². The number of anilines is 1. The summed E-state index contributed by atoms with van der Waals surface area (Å²) in [6.07, 6.45) is 1.33. The fourth-order valence-corrected chi connectivity index (χ4v) is 3.15. The van der Waals surface area contributed by atoms with Crippen LogP contribution >= 0.6 is 11.3 Å². The number of hydrogen-bond acceptors (Lipinski definition) is 4. The van der Waals surface area contributed by atoms with Gasteiger partial charge in [-0.05, 0) is 17.5 Å². The minimum atomic E-state index is 0.160. The van der Waals surface area contributed by atoms with Crippen molar-refractivity contribution >= 4 is 22.4 Å². The Morgan fingerprint density at radius 1 is 1.40 bits per heavy atom. The third-order valence-electron chi connectivity index (χ3n) is 3.58.